The van der Waals surface area contributed by atoms with Crippen LogP contribution in [-0.2, 0) is 11.8 Å². The summed E-state index contributed by atoms with van der Waals surface area (Å²) in [7, 11) is 0. The van der Waals surface area contributed by atoms with Gasteiger partial charge < -0.3 is 5.32 Å². The van der Waals surface area contributed by atoms with Gasteiger partial charge >= 0.3 is 0 Å². The Morgan fingerprint density at radius 2 is 2.11 bits per heavy atom. The second-order valence-corrected chi connectivity index (χ2v) is 6.43. The van der Waals surface area contributed by atoms with Crippen LogP contribution in [0.2, 0.25) is 0 Å². The number of halogens is 1. The molecule has 0 spiro atoms. The van der Waals surface area contributed by atoms with E-state index in [1.165, 1.54) is 16.7 Å². The van der Waals surface area contributed by atoms with Gasteiger partial charge in [0.15, 0.2) is 0 Å². The second kappa shape index (κ2) is 3.12. The van der Waals surface area contributed by atoms with Gasteiger partial charge in [0.2, 0.25) is 0 Å². The van der Waals surface area contributed by atoms with E-state index in [-0.39, 0.29) is 5.41 Å². The molecule has 2 aliphatic heterocycles. The van der Waals surface area contributed by atoms with E-state index in [1.807, 2.05) is 0 Å². The Morgan fingerprint density at radius 1 is 1.28 bits per heavy atom. The van der Waals surface area contributed by atoms with Crippen molar-refractivity contribution in [3.8, 4) is 11.3 Å². The molecule has 3 aliphatic rings. The first-order valence-electron chi connectivity index (χ1n) is 6.02. The molecule has 0 saturated heterocycles. The molecule has 90 valence electrons. The molecule has 1 aromatic carbocycles. The standard InChI is InChI=1S/C14H12BrN3/c1-14(2)5-8-7-3-4-9(15)11(8)18-13-10(14)12(7)16-6-17-13/h3-4,6H,5H2,1-2H3,(H,16,17,18). The van der Waals surface area contributed by atoms with E-state index >= 15 is 0 Å². The molecule has 6 bridgehead atoms. The SMILES string of the molecule is CC1(C)Cc2c3ccc(Br)c2Nc2ncnc-3c21. The van der Waals surface area contributed by atoms with Crippen LogP contribution in [0.4, 0.5) is 11.5 Å². The molecule has 3 nitrogen and oxygen atoms in total. The number of hydrogen-bond acceptors (Lipinski definition) is 3. The summed E-state index contributed by atoms with van der Waals surface area (Å²) in [5, 5.41) is 3.47. The van der Waals surface area contributed by atoms with E-state index < -0.39 is 0 Å². The lowest BCUT2D eigenvalue weighted by Crippen LogP contribution is -2.25. The molecule has 0 fully saturated rings. The molecule has 0 radical (unpaired) electrons. The van der Waals surface area contributed by atoms with Crippen LogP contribution >= 0.6 is 15.9 Å². The molecule has 1 aromatic heterocycles. The fourth-order valence-corrected chi connectivity index (χ4v) is 3.60. The summed E-state index contributed by atoms with van der Waals surface area (Å²) in [5.41, 5.74) is 6.15. The number of nitrogens with one attached hydrogen (secondary N) is 1. The lowest BCUT2D eigenvalue weighted by molar-refractivity contribution is 0.519. The smallest absolute Gasteiger partial charge is 0.138 e. The number of nitrogens with zero attached hydrogens (tertiary/aromatic N) is 2. The highest BCUT2D eigenvalue weighted by Gasteiger charge is 2.39. The van der Waals surface area contributed by atoms with Crippen LogP contribution in [0, 0.1) is 0 Å². The Hall–Kier alpha value is -1.42. The zero-order chi connectivity index (χ0) is 12.5. The van der Waals surface area contributed by atoms with Gasteiger partial charge in [-0.1, -0.05) is 19.9 Å². The van der Waals surface area contributed by atoms with Gasteiger partial charge in [-0.2, -0.15) is 0 Å². The molecule has 4 heteroatoms. The lowest BCUT2D eigenvalue weighted by atomic mass is 9.72. The van der Waals surface area contributed by atoms with E-state index in [4.69, 9.17) is 0 Å². The van der Waals surface area contributed by atoms with Gasteiger partial charge in [-0.25, -0.2) is 9.97 Å². The molecule has 0 atom stereocenters. The maximum atomic E-state index is 4.51. The number of rotatable bonds is 0. The van der Waals surface area contributed by atoms with Gasteiger partial charge in [0.1, 0.15) is 12.1 Å². The predicted molar refractivity (Wildman–Crippen MR) is 75.2 cm³/mol. The van der Waals surface area contributed by atoms with Crippen molar-refractivity contribution in [2.45, 2.75) is 25.7 Å². The van der Waals surface area contributed by atoms with Crippen molar-refractivity contribution in [3.63, 3.8) is 0 Å². The minimum absolute atomic E-state index is 0.0813. The number of benzene rings is 1. The normalized spacial score (nSPS) is 17.3. The van der Waals surface area contributed by atoms with Gasteiger partial charge in [-0.3, -0.25) is 0 Å². The summed E-state index contributed by atoms with van der Waals surface area (Å²) in [6.07, 6.45) is 2.67. The average Bonchev–Trinajstić information content (AvgIpc) is 2.46. The topological polar surface area (TPSA) is 37.8 Å². The Kier molecular flexibility index (Phi) is 1.82. The fourth-order valence-electron chi connectivity index (χ4n) is 3.13. The second-order valence-electron chi connectivity index (χ2n) is 5.58. The Labute approximate surface area is 114 Å². The van der Waals surface area contributed by atoms with Gasteiger partial charge in [-0.15, -0.1) is 0 Å². The van der Waals surface area contributed by atoms with Crippen molar-refractivity contribution in [1.29, 1.82) is 0 Å². The highest BCUT2D eigenvalue weighted by molar-refractivity contribution is 9.10. The number of aromatic nitrogens is 2. The molecule has 0 unspecified atom stereocenters. The van der Waals surface area contributed by atoms with Crippen molar-refractivity contribution in [1.82, 2.24) is 9.97 Å². The Bertz CT molecular complexity index is 692. The Balaban J connectivity index is 2.22. The molecule has 2 aromatic rings. The highest BCUT2D eigenvalue weighted by Crippen LogP contribution is 2.51. The van der Waals surface area contributed by atoms with Gasteiger partial charge in [0.25, 0.3) is 0 Å². The quantitative estimate of drug-likeness (QED) is 0.686. The van der Waals surface area contributed by atoms with Crippen molar-refractivity contribution >= 4 is 27.4 Å². The number of anilines is 2. The molecule has 18 heavy (non-hydrogen) atoms. The maximum absolute atomic E-state index is 4.51. The third-order valence-electron chi connectivity index (χ3n) is 3.90. The van der Waals surface area contributed by atoms with E-state index in [0.717, 1.165) is 28.1 Å². The van der Waals surface area contributed by atoms with E-state index in [0.29, 0.717) is 0 Å². The highest BCUT2D eigenvalue weighted by atomic mass is 79.9. The molecule has 5 rings (SSSR count). The number of fused-ring (bicyclic) bond motifs is 1. The predicted octanol–water partition coefficient (Wildman–Crippen LogP) is 3.80. The minimum Gasteiger partial charge on any atom is -0.339 e. The van der Waals surface area contributed by atoms with Gasteiger partial charge in [0, 0.05) is 15.6 Å². The van der Waals surface area contributed by atoms with Crippen molar-refractivity contribution in [2.24, 2.45) is 0 Å². The van der Waals surface area contributed by atoms with Gasteiger partial charge in [0.05, 0.1) is 11.4 Å². The summed E-state index contributed by atoms with van der Waals surface area (Å²) < 4.78 is 1.09. The van der Waals surface area contributed by atoms with E-state index in [2.05, 4.69) is 57.2 Å². The fraction of sp³-hybridized carbons (Fsp3) is 0.286. The zero-order valence-electron chi connectivity index (χ0n) is 10.2. The first-order valence-corrected chi connectivity index (χ1v) is 6.81. The molecule has 1 N–H and O–H groups in total. The van der Waals surface area contributed by atoms with Gasteiger partial charge in [-0.05, 0) is 39.4 Å². The summed E-state index contributed by atoms with van der Waals surface area (Å²) in [6.45, 7) is 4.53. The molecule has 0 saturated carbocycles. The largest absolute Gasteiger partial charge is 0.339 e. The van der Waals surface area contributed by atoms with Crippen LogP contribution in [0.15, 0.2) is 22.9 Å². The van der Waals surface area contributed by atoms with Crippen LogP contribution in [0.25, 0.3) is 11.3 Å². The number of hydrogen-bond donors (Lipinski definition) is 1. The monoisotopic (exact) mass is 301 g/mol. The summed E-state index contributed by atoms with van der Waals surface area (Å²) in [5.74, 6) is 0.950. The van der Waals surface area contributed by atoms with Crippen LogP contribution in [0.3, 0.4) is 0 Å². The zero-order valence-corrected chi connectivity index (χ0v) is 11.8. The molecular weight excluding hydrogens is 290 g/mol. The van der Waals surface area contributed by atoms with E-state index in [9.17, 15) is 0 Å². The third kappa shape index (κ3) is 1.14. The minimum atomic E-state index is 0.0813. The summed E-state index contributed by atoms with van der Waals surface area (Å²) >= 11 is 3.63. The maximum Gasteiger partial charge on any atom is 0.138 e. The van der Waals surface area contributed by atoms with Crippen LogP contribution in [-0.4, -0.2) is 9.97 Å². The molecule has 0 amide bonds. The first-order chi connectivity index (χ1) is 8.58. The third-order valence-corrected chi connectivity index (χ3v) is 4.56. The van der Waals surface area contributed by atoms with Crippen LogP contribution in [0.1, 0.15) is 25.0 Å². The van der Waals surface area contributed by atoms with E-state index in [1.54, 1.807) is 6.33 Å². The lowest BCUT2D eigenvalue weighted by Gasteiger charge is -2.31. The Morgan fingerprint density at radius 3 is 2.94 bits per heavy atom. The van der Waals surface area contributed by atoms with Crippen LogP contribution < -0.4 is 5.32 Å². The molecular formula is C14H12BrN3. The van der Waals surface area contributed by atoms with Crippen molar-refractivity contribution in [3.05, 3.63) is 34.1 Å². The van der Waals surface area contributed by atoms with Crippen molar-refractivity contribution in [2.75, 3.05) is 5.32 Å². The van der Waals surface area contributed by atoms with Crippen LogP contribution in [0.5, 0.6) is 0 Å². The average molecular weight is 302 g/mol. The molecule has 1 aliphatic carbocycles. The molecule has 3 heterocycles. The first kappa shape index (κ1) is 10.5. The summed E-state index contributed by atoms with van der Waals surface area (Å²) in [6, 6.07) is 4.24. The van der Waals surface area contributed by atoms with Crippen molar-refractivity contribution < 1.29 is 0 Å². The summed E-state index contributed by atoms with van der Waals surface area (Å²) in [4.78, 5) is 8.94.